The van der Waals surface area contributed by atoms with E-state index in [4.69, 9.17) is 11.5 Å². The Kier molecular flexibility index (Phi) is 2.87. The summed E-state index contributed by atoms with van der Waals surface area (Å²) < 4.78 is 0. The number of carbonyl (C=O) groups excluding carboxylic acids is 2. The summed E-state index contributed by atoms with van der Waals surface area (Å²) in [6.45, 7) is 0. The van der Waals surface area contributed by atoms with Crippen molar-refractivity contribution in [2.75, 3.05) is 0 Å². The summed E-state index contributed by atoms with van der Waals surface area (Å²) in [5.74, 6) is 3.28. The molecule has 0 heterocycles. The van der Waals surface area contributed by atoms with Crippen LogP contribution < -0.4 is 11.5 Å². The lowest BCUT2D eigenvalue weighted by Crippen LogP contribution is -2.13. The van der Waals surface area contributed by atoms with Crippen molar-refractivity contribution in [3.8, 4) is 11.8 Å². The zero-order valence-corrected chi connectivity index (χ0v) is 7.28. The number of primary amides is 2. The summed E-state index contributed by atoms with van der Waals surface area (Å²) in [5.41, 5.74) is 10.6. The molecule has 70 valence electrons. The van der Waals surface area contributed by atoms with E-state index >= 15 is 0 Å². The molecule has 0 aliphatic heterocycles. The van der Waals surface area contributed by atoms with Gasteiger partial charge in [0.25, 0.3) is 5.91 Å². The molecule has 0 spiro atoms. The van der Waals surface area contributed by atoms with Crippen molar-refractivity contribution in [1.29, 1.82) is 0 Å². The number of nitrogens with two attached hydrogens (primary N) is 2. The first-order valence-electron chi connectivity index (χ1n) is 3.81. The highest BCUT2D eigenvalue weighted by atomic mass is 16.1. The van der Waals surface area contributed by atoms with Gasteiger partial charge in [-0.1, -0.05) is 18.1 Å². The molecule has 0 aliphatic carbocycles. The molecule has 0 saturated carbocycles. The molecule has 0 fully saturated rings. The van der Waals surface area contributed by atoms with Gasteiger partial charge in [-0.15, -0.1) is 0 Å². The first kappa shape index (κ1) is 9.81. The highest BCUT2D eigenvalue weighted by Gasteiger charge is 2.03. The molecule has 4 nitrogen and oxygen atoms in total. The van der Waals surface area contributed by atoms with E-state index in [9.17, 15) is 9.59 Å². The molecular weight excluding hydrogens is 180 g/mol. The third kappa shape index (κ3) is 2.35. The molecule has 2 amide bonds. The van der Waals surface area contributed by atoms with E-state index in [1.54, 1.807) is 18.2 Å². The van der Waals surface area contributed by atoms with Crippen molar-refractivity contribution >= 4 is 11.8 Å². The zero-order valence-electron chi connectivity index (χ0n) is 7.28. The van der Waals surface area contributed by atoms with E-state index in [2.05, 4.69) is 11.8 Å². The molecule has 1 rings (SSSR count). The quantitative estimate of drug-likeness (QED) is 0.589. The average molecular weight is 188 g/mol. The highest BCUT2D eigenvalue weighted by Crippen LogP contribution is 2.05. The first-order valence-corrected chi connectivity index (χ1v) is 3.81. The normalized spacial score (nSPS) is 8.57. The van der Waals surface area contributed by atoms with E-state index in [0.717, 1.165) is 0 Å². The Hall–Kier alpha value is -2.28. The van der Waals surface area contributed by atoms with Crippen molar-refractivity contribution in [3.05, 3.63) is 35.4 Å². The fourth-order valence-electron chi connectivity index (χ4n) is 0.936. The number of carbonyl (C=O) groups is 2. The van der Waals surface area contributed by atoms with Crippen LogP contribution in [0.15, 0.2) is 24.3 Å². The third-order valence-corrected chi connectivity index (χ3v) is 1.51. The molecule has 0 radical (unpaired) electrons. The summed E-state index contributed by atoms with van der Waals surface area (Å²) in [7, 11) is 0. The predicted octanol–water partition coefficient (Wildman–Crippen LogP) is -0.378. The highest BCUT2D eigenvalue weighted by molar-refractivity contribution is 5.97. The maximum Gasteiger partial charge on any atom is 0.293 e. The van der Waals surface area contributed by atoms with Gasteiger partial charge in [-0.3, -0.25) is 9.59 Å². The van der Waals surface area contributed by atoms with Crippen LogP contribution in [0.1, 0.15) is 15.9 Å². The van der Waals surface area contributed by atoms with Crippen molar-refractivity contribution in [2.24, 2.45) is 11.5 Å². The maximum absolute atomic E-state index is 10.9. The van der Waals surface area contributed by atoms with Crippen LogP contribution in [0.3, 0.4) is 0 Å². The van der Waals surface area contributed by atoms with Crippen LogP contribution in [0.25, 0.3) is 0 Å². The number of hydrogen-bond acceptors (Lipinski definition) is 2. The van der Waals surface area contributed by atoms with Crippen LogP contribution in [0.2, 0.25) is 0 Å². The molecule has 4 heteroatoms. The fraction of sp³-hybridized carbons (Fsp3) is 0. The van der Waals surface area contributed by atoms with Gasteiger partial charge in [0.15, 0.2) is 0 Å². The standard InChI is InChI=1S/C10H8N2O2/c11-9(13)6-5-7-3-1-2-4-8(7)10(12)14/h1-4H,(H2,11,13)(H2,12,14). The van der Waals surface area contributed by atoms with Gasteiger partial charge in [0, 0.05) is 11.5 Å². The smallest absolute Gasteiger partial charge is 0.293 e. The lowest BCUT2D eigenvalue weighted by atomic mass is 10.1. The van der Waals surface area contributed by atoms with Gasteiger partial charge < -0.3 is 11.5 Å². The van der Waals surface area contributed by atoms with Crippen LogP contribution >= 0.6 is 0 Å². The summed E-state index contributed by atoms with van der Waals surface area (Å²) in [4.78, 5) is 21.3. The Morgan fingerprint density at radius 2 is 1.79 bits per heavy atom. The average Bonchev–Trinajstić information content (AvgIpc) is 2.15. The third-order valence-electron chi connectivity index (χ3n) is 1.51. The van der Waals surface area contributed by atoms with E-state index in [1.165, 1.54) is 6.07 Å². The van der Waals surface area contributed by atoms with Gasteiger partial charge in [-0.05, 0) is 12.1 Å². The van der Waals surface area contributed by atoms with Gasteiger partial charge >= 0.3 is 0 Å². The molecule has 1 aromatic rings. The predicted molar refractivity (Wildman–Crippen MR) is 51.0 cm³/mol. The number of benzene rings is 1. The Bertz CT molecular complexity index is 441. The zero-order chi connectivity index (χ0) is 10.6. The van der Waals surface area contributed by atoms with Gasteiger partial charge in [-0.25, -0.2) is 0 Å². The molecule has 0 aliphatic rings. The minimum Gasteiger partial charge on any atom is -0.366 e. The van der Waals surface area contributed by atoms with Gasteiger partial charge in [-0.2, -0.15) is 0 Å². The summed E-state index contributed by atoms with van der Waals surface area (Å²) in [5, 5.41) is 0. The van der Waals surface area contributed by atoms with Crippen LogP contribution in [0, 0.1) is 11.8 Å². The lowest BCUT2D eigenvalue weighted by molar-refractivity contribution is -0.112. The molecule has 0 bridgehead atoms. The van der Waals surface area contributed by atoms with Crippen molar-refractivity contribution in [3.63, 3.8) is 0 Å². The number of hydrogen-bond donors (Lipinski definition) is 2. The Morgan fingerprint density at radius 1 is 1.14 bits per heavy atom. The molecule has 0 atom stereocenters. The Labute approximate surface area is 80.9 Å². The number of rotatable bonds is 1. The van der Waals surface area contributed by atoms with E-state index < -0.39 is 11.8 Å². The van der Waals surface area contributed by atoms with Crippen LogP contribution in [0.5, 0.6) is 0 Å². The SMILES string of the molecule is NC(=O)C#Cc1ccccc1C(N)=O. The molecule has 0 aromatic heterocycles. The monoisotopic (exact) mass is 188 g/mol. The topological polar surface area (TPSA) is 86.2 Å². The minimum atomic E-state index is -0.746. The molecule has 4 N–H and O–H groups in total. The second-order valence-electron chi connectivity index (χ2n) is 2.52. The van der Waals surface area contributed by atoms with E-state index in [0.29, 0.717) is 5.56 Å². The van der Waals surface area contributed by atoms with Crippen molar-refractivity contribution < 1.29 is 9.59 Å². The second-order valence-corrected chi connectivity index (χ2v) is 2.52. The van der Waals surface area contributed by atoms with Gasteiger partial charge in [0.2, 0.25) is 5.91 Å². The molecule has 0 unspecified atom stereocenters. The fourth-order valence-corrected chi connectivity index (χ4v) is 0.936. The van der Waals surface area contributed by atoms with Crippen LogP contribution in [-0.4, -0.2) is 11.8 Å². The van der Waals surface area contributed by atoms with Crippen molar-refractivity contribution in [2.45, 2.75) is 0 Å². The summed E-state index contributed by atoms with van der Waals surface area (Å²) >= 11 is 0. The minimum absolute atomic E-state index is 0.279. The summed E-state index contributed by atoms with van der Waals surface area (Å²) in [6, 6.07) is 6.48. The van der Waals surface area contributed by atoms with Crippen LogP contribution in [0.4, 0.5) is 0 Å². The Morgan fingerprint density at radius 3 is 2.36 bits per heavy atom. The summed E-state index contributed by atoms with van der Waals surface area (Å²) in [6.07, 6.45) is 0. The maximum atomic E-state index is 10.9. The van der Waals surface area contributed by atoms with Crippen LogP contribution in [-0.2, 0) is 4.79 Å². The van der Waals surface area contributed by atoms with Gasteiger partial charge in [0.05, 0.1) is 5.56 Å². The van der Waals surface area contributed by atoms with Crippen molar-refractivity contribution in [1.82, 2.24) is 0 Å². The number of amides is 2. The molecule has 14 heavy (non-hydrogen) atoms. The Balaban J connectivity index is 3.16. The van der Waals surface area contributed by atoms with Gasteiger partial charge in [0.1, 0.15) is 0 Å². The van der Waals surface area contributed by atoms with E-state index in [-0.39, 0.29) is 5.56 Å². The molecule has 0 saturated heterocycles. The molecular formula is C10H8N2O2. The lowest BCUT2D eigenvalue weighted by Gasteiger charge is -1.97. The van der Waals surface area contributed by atoms with E-state index in [1.807, 2.05) is 0 Å². The second kappa shape index (κ2) is 4.10. The first-order chi connectivity index (χ1) is 6.61. The largest absolute Gasteiger partial charge is 0.366 e. The molecule has 1 aromatic carbocycles.